The lowest BCUT2D eigenvalue weighted by molar-refractivity contribution is 0.0817. The minimum atomic E-state index is -0.311. The number of nitrogens with zero attached hydrogens (tertiary/aromatic N) is 4. The Kier molecular flexibility index (Phi) is 7.01. The third kappa shape index (κ3) is 4.03. The van der Waals surface area contributed by atoms with Crippen LogP contribution in [-0.2, 0) is 5.54 Å². The third-order valence-electron chi connectivity index (χ3n) is 5.01. The number of thiazole rings is 1. The summed E-state index contributed by atoms with van der Waals surface area (Å²) in [5.41, 5.74) is 1.09. The van der Waals surface area contributed by atoms with E-state index in [4.69, 9.17) is 0 Å². The van der Waals surface area contributed by atoms with Gasteiger partial charge >= 0.3 is 0 Å². The third-order valence-corrected chi connectivity index (χ3v) is 6.18. The molecule has 2 fully saturated rings. The van der Waals surface area contributed by atoms with E-state index in [9.17, 15) is 4.79 Å². The minimum Gasteiger partial charge on any atom is -0.339 e. The first-order chi connectivity index (χ1) is 11.7. The monoisotopic (exact) mass is 418 g/mol. The Labute approximate surface area is 169 Å². The molecule has 2 N–H and O–H groups in total. The van der Waals surface area contributed by atoms with Gasteiger partial charge in [-0.25, -0.2) is 9.67 Å². The summed E-state index contributed by atoms with van der Waals surface area (Å²) in [6.45, 7) is 3.95. The van der Waals surface area contributed by atoms with E-state index in [0.717, 1.165) is 55.9 Å². The molecule has 3 heterocycles. The number of aromatic nitrogens is 4. The first-order valence-corrected chi connectivity index (χ1v) is 9.42. The highest BCUT2D eigenvalue weighted by Crippen LogP contribution is 2.42. The number of amides is 1. The second-order valence-electron chi connectivity index (χ2n) is 6.75. The van der Waals surface area contributed by atoms with Crippen molar-refractivity contribution < 1.29 is 4.79 Å². The summed E-state index contributed by atoms with van der Waals surface area (Å²) >= 11 is 1.62. The van der Waals surface area contributed by atoms with Crippen LogP contribution in [0.2, 0.25) is 0 Å². The highest BCUT2D eigenvalue weighted by atomic mass is 35.5. The maximum Gasteiger partial charge on any atom is 0.274 e. The first-order valence-electron chi connectivity index (χ1n) is 8.54. The Hall–Kier alpha value is -1.22. The van der Waals surface area contributed by atoms with Gasteiger partial charge in [-0.3, -0.25) is 4.79 Å². The van der Waals surface area contributed by atoms with Crippen LogP contribution in [-0.4, -0.2) is 39.0 Å². The zero-order valence-electron chi connectivity index (χ0n) is 14.6. The van der Waals surface area contributed by atoms with Gasteiger partial charge in [0, 0.05) is 11.1 Å². The number of hydrogen-bond acceptors (Lipinski definition) is 6. The van der Waals surface area contributed by atoms with Crippen LogP contribution in [0, 0.1) is 6.92 Å². The fourth-order valence-electron chi connectivity index (χ4n) is 3.41. The van der Waals surface area contributed by atoms with Gasteiger partial charge in [0.15, 0.2) is 5.69 Å². The molecule has 0 radical (unpaired) electrons. The van der Waals surface area contributed by atoms with Gasteiger partial charge in [0.25, 0.3) is 5.91 Å². The molecule has 2 aromatic rings. The predicted molar refractivity (Wildman–Crippen MR) is 106 cm³/mol. The lowest BCUT2D eigenvalue weighted by Crippen LogP contribution is -2.50. The van der Waals surface area contributed by atoms with Crippen LogP contribution in [0.1, 0.15) is 59.3 Å². The molecule has 2 aliphatic rings. The summed E-state index contributed by atoms with van der Waals surface area (Å²) in [6, 6.07) is 0.333. The molecule has 1 amide bonds. The number of carbonyl (C=O) groups is 1. The van der Waals surface area contributed by atoms with Crippen molar-refractivity contribution in [2.75, 3.05) is 13.1 Å². The van der Waals surface area contributed by atoms with Crippen molar-refractivity contribution in [2.24, 2.45) is 0 Å². The molecule has 0 spiro atoms. The predicted octanol–water partition coefficient (Wildman–Crippen LogP) is 2.62. The number of halogens is 2. The number of carbonyl (C=O) groups excluding carboxylic acids is 1. The van der Waals surface area contributed by atoms with Crippen molar-refractivity contribution in [3.05, 3.63) is 28.0 Å². The summed E-state index contributed by atoms with van der Waals surface area (Å²) in [7, 11) is 0. The molecule has 0 bridgehead atoms. The molecule has 1 aliphatic heterocycles. The quantitative estimate of drug-likeness (QED) is 0.796. The van der Waals surface area contributed by atoms with Gasteiger partial charge in [-0.05, 0) is 52.1 Å². The van der Waals surface area contributed by atoms with Crippen molar-refractivity contribution >= 4 is 42.1 Å². The minimum absolute atomic E-state index is 0. The number of piperidine rings is 1. The van der Waals surface area contributed by atoms with Gasteiger partial charge in [-0.1, -0.05) is 5.21 Å². The molecule has 0 atom stereocenters. The van der Waals surface area contributed by atoms with Crippen LogP contribution >= 0.6 is 36.2 Å². The number of rotatable bonds is 4. The SMILES string of the molecule is Cc1csc(C2(NC(=O)c3cn(C4CCNCC4)nn3)CCC2)n1.Cl.Cl. The lowest BCUT2D eigenvalue weighted by atomic mass is 9.77. The average Bonchev–Trinajstić information content (AvgIpc) is 3.21. The summed E-state index contributed by atoms with van der Waals surface area (Å²) < 4.78 is 1.84. The van der Waals surface area contributed by atoms with E-state index >= 15 is 0 Å². The molecule has 144 valence electrons. The number of hydrogen-bond donors (Lipinski definition) is 2. The Balaban J connectivity index is 0.00000121. The molecular formula is C16H24Cl2N6OS. The fraction of sp³-hybridized carbons (Fsp3) is 0.625. The van der Waals surface area contributed by atoms with Gasteiger partial charge in [0.05, 0.1) is 17.8 Å². The molecule has 7 nitrogen and oxygen atoms in total. The summed E-state index contributed by atoms with van der Waals surface area (Å²) in [5.74, 6) is -0.150. The highest BCUT2D eigenvalue weighted by molar-refractivity contribution is 7.09. The van der Waals surface area contributed by atoms with Crippen molar-refractivity contribution in [2.45, 2.75) is 50.6 Å². The van der Waals surface area contributed by atoms with Gasteiger partial charge < -0.3 is 10.6 Å². The zero-order valence-corrected chi connectivity index (χ0v) is 17.1. The van der Waals surface area contributed by atoms with Crippen LogP contribution in [0.5, 0.6) is 0 Å². The Morgan fingerprint density at radius 3 is 2.65 bits per heavy atom. The Morgan fingerprint density at radius 2 is 2.08 bits per heavy atom. The first kappa shape index (κ1) is 21.1. The number of aryl methyl sites for hydroxylation is 1. The highest BCUT2D eigenvalue weighted by Gasteiger charge is 2.43. The van der Waals surface area contributed by atoms with Crippen molar-refractivity contribution in [1.29, 1.82) is 0 Å². The largest absolute Gasteiger partial charge is 0.339 e. The molecule has 10 heteroatoms. The van der Waals surface area contributed by atoms with E-state index in [1.54, 1.807) is 17.5 Å². The fourth-order valence-corrected chi connectivity index (χ4v) is 4.42. The van der Waals surface area contributed by atoms with E-state index in [1.165, 1.54) is 0 Å². The van der Waals surface area contributed by atoms with Gasteiger partial charge in [-0.2, -0.15) is 0 Å². The summed E-state index contributed by atoms with van der Waals surface area (Å²) in [4.78, 5) is 17.3. The lowest BCUT2D eigenvalue weighted by Gasteiger charge is -2.40. The summed E-state index contributed by atoms with van der Waals surface area (Å²) in [6.07, 6.45) is 6.81. The van der Waals surface area contributed by atoms with E-state index in [1.807, 2.05) is 17.0 Å². The standard InChI is InChI=1S/C16H22N6OS.2ClH/c1-11-10-24-15(18-11)16(5-2-6-16)19-14(23)13-9-22(21-20-13)12-3-7-17-8-4-12;;/h9-10,12,17H,2-8H2,1H3,(H,19,23);2*1H. The molecule has 26 heavy (non-hydrogen) atoms. The maximum atomic E-state index is 12.7. The van der Waals surface area contributed by atoms with Gasteiger partial charge in [0.1, 0.15) is 5.01 Å². The second kappa shape index (κ2) is 8.65. The van der Waals surface area contributed by atoms with Crippen molar-refractivity contribution in [3.8, 4) is 0 Å². The second-order valence-corrected chi connectivity index (χ2v) is 7.61. The van der Waals surface area contributed by atoms with E-state index in [-0.39, 0.29) is 36.3 Å². The smallest absolute Gasteiger partial charge is 0.274 e. The average molecular weight is 419 g/mol. The van der Waals surface area contributed by atoms with Crippen molar-refractivity contribution in [3.63, 3.8) is 0 Å². The van der Waals surface area contributed by atoms with Gasteiger partial charge in [0.2, 0.25) is 0 Å². The molecular weight excluding hydrogens is 395 g/mol. The zero-order chi connectivity index (χ0) is 16.6. The molecule has 4 rings (SSSR count). The van der Waals surface area contributed by atoms with Crippen LogP contribution in [0.15, 0.2) is 11.6 Å². The van der Waals surface area contributed by atoms with Crippen LogP contribution < -0.4 is 10.6 Å². The number of nitrogens with one attached hydrogen (secondary N) is 2. The van der Waals surface area contributed by atoms with E-state index in [0.29, 0.717) is 11.7 Å². The molecule has 1 saturated heterocycles. The van der Waals surface area contributed by atoms with E-state index in [2.05, 4.69) is 25.9 Å². The van der Waals surface area contributed by atoms with Crippen LogP contribution in [0.25, 0.3) is 0 Å². The molecule has 1 aliphatic carbocycles. The molecule has 0 unspecified atom stereocenters. The van der Waals surface area contributed by atoms with E-state index < -0.39 is 0 Å². The Morgan fingerprint density at radius 1 is 1.35 bits per heavy atom. The van der Waals surface area contributed by atoms with Crippen LogP contribution in [0.3, 0.4) is 0 Å². The van der Waals surface area contributed by atoms with Crippen molar-refractivity contribution in [1.82, 2.24) is 30.6 Å². The molecule has 0 aromatic carbocycles. The molecule has 1 saturated carbocycles. The summed E-state index contributed by atoms with van der Waals surface area (Å²) in [5, 5.41) is 17.8. The maximum absolute atomic E-state index is 12.7. The van der Waals surface area contributed by atoms with Crippen LogP contribution in [0.4, 0.5) is 0 Å². The normalized spacial score (nSPS) is 19.0. The Bertz CT molecular complexity index is 739. The topological polar surface area (TPSA) is 84.7 Å². The van der Waals surface area contributed by atoms with Gasteiger partial charge in [-0.15, -0.1) is 41.2 Å². The molecule has 2 aromatic heterocycles.